The Balaban J connectivity index is 1.36. The second kappa shape index (κ2) is 10.9. The number of nitrogens with zero attached hydrogens (tertiary/aromatic N) is 1. The van der Waals surface area contributed by atoms with Crippen LogP contribution in [0.5, 0.6) is 0 Å². The molecular formula is C25H31FN2O2. The summed E-state index contributed by atoms with van der Waals surface area (Å²) in [7, 11) is 0. The number of carbonyl (C=O) groups excluding carboxylic acids is 2. The van der Waals surface area contributed by atoms with Gasteiger partial charge >= 0.3 is 0 Å². The maximum Gasteiger partial charge on any atom is 0.223 e. The lowest BCUT2D eigenvalue weighted by Crippen LogP contribution is -2.43. The molecule has 0 radical (unpaired) electrons. The third kappa shape index (κ3) is 6.15. The van der Waals surface area contributed by atoms with Crippen molar-refractivity contribution in [3.8, 4) is 0 Å². The Morgan fingerprint density at radius 3 is 2.33 bits per heavy atom. The molecule has 0 bridgehead atoms. The number of carbonyl (C=O) groups is 2. The molecule has 30 heavy (non-hydrogen) atoms. The minimum Gasteiger partial charge on any atom is -0.356 e. The van der Waals surface area contributed by atoms with Crippen molar-refractivity contribution in [2.75, 3.05) is 19.6 Å². The van der Waals surface area contributed by atoms with Crippen LogP contribution in [0.25, 0.3) is 0 Å². The molecule has 0 saturated carbocycles. The standard InChI is InChI=1S/C25H31FN2O2/c1-2-19-7-9-20(10-8-19)11-12-24(29)28-17-14-22(15-18-28)25(30)27-16-13-21-5-3-4-6-23(21)26/h3-10,22H,2,11-18H2,1H3,(H,27,30). The number of rotatable bonds is 8. The fourth-order valence-corrected chi connectivity index (χ4v) is 3.91. The van der Waals surface area contributed by atoms with Crippen LogP contribution in [0.2, 0.25) is 0 Å². The predicted molar refractivity (Wildman–Crippen MR) is 117 cm³/mol. The first-order valence-corrected chi connectivity index (χ1v) is 10.9. The Labute approximate surface area is 178 Å². The zero-order valence-corrected chi connectivity index (χ0v) is 17.7. The Hall–Kier alpha value is -2.69. The van der Waals surface area contributed by atoms with E-state index in [1.165, 1.54) is 17.2 Å². The minimum atomic E-state index is -0.236. The number of amides is 2. The molecule has 1 aliphatic rings. The summed E-state index contributed by atoms with van der Waals surface area (Å²) >= 11 is 0. The number of piperidine rings is 1. The molecule has 2 aromatic carbocycles. The van der Waals surface area contributed by atoms with E-state index in [1.54, 1.807) is 18.2 Å². The number of hydrogen-bond acceptors (Lipinski definition) is 2. The van der Waals surface area contributed by atoms with Gasteiger partial charge in [0.2, 0.25) is 11.8 Å². The molecule has 1 aliphatic heterocycles. The molecule has 3 rings (SSSR count). The van der Waals surface area contributed by atoms with Gasteiger partial charge in [-0.15, -0.1) is 0 Å². The average Bonchev–Trinajstić information content (AvgIpc) is 2.79. The van der Waals surface area contributed by atoms with Crippen molar-refractivity contribution in [1.82, 2.24) is 10.2 Å². The topological polar surface area (TPSA) is 49.4 Å². The van der Waals surface area contributed by atoms with Crippen molar-refractivity contribution in [3.63, 3.8) is 0 Å². The second-order valence-corrected chi connectivity index (χ2v) is 7.96. The molecule has 0 spiro atoms. The van der Waals surface area contributed by atoms with Crippen LogP contribution < -0.4 is 5.32 Å². The van der Waals surface area contributed by atoms with E-state index in [0.29, 0.717) is 50.9 Å². The zero-order chi connectivity index (χ0) is 21.3. The highest BCUT2D eigenvalue weighted by Gasteiger charge is 2.26. The molecule has 4 nitrogen and oxygen atoms in total. The van der Waals surface area contributed by atoms with Gasteiger partial charge in [-0.1, -0.05) is 49.4 Å². The van der Waals surface area contributed by atoms with Gasteiger partial charge < -0.3 is 10.2 Å². The van der Waals surface area contributed by atoms with Crippen LogP contribution in [0.15, 0.2) is 48.5 Å². The molecule has 1 fully saturated rings. The van der Waals surface area contributed by atoms with Crippen molar-refractivity contribution in [2.45, 2.75) is 45.4 Å². The van der Waals surface area contributed by atoms with E-state index in [4.69, 9.17) is 0 Å². The van der Waals surface area contributed by atoms with E-state index in [9.17, 15) is 14.0 Å². The smallest absolute Gasteiger partial charge is 0.223 e. The molecule has 2 aromatic rings. The van der Waals surface area contributed by atoms with Crippen molar-refractivity contribution in [3.05, 3.63) is 71.0 Å². The Morgan fingerprint density at radius 2 is 1.67 bits per heavy atom. The SMILES string of the molecule is CCc1ccc(CCC(=O)N2CCC(C(=O)NCCc3ccccc3F)CC2)cc1. The zero-order valence-electron chi connectivity index (χ0n) is 17.7. The Kier molecular flexibility index (Phi) is 8.00. The van der Waals surface area contributed by atoms with Crippen molar-refractivity contribution >= 4 is 11.8 Å². The van der Waals surface area contributed by atoms with Crippen LogP contribution in [0, 0.1) is 11.7 Å². The van der Waals surface area contributed by atoms with Crippen LogP contribution in [0.4, 0.5) is 4.39 Å². The monoisotopic (exact) mass is 410 g/mol. The number of likely N-dealkylation sites (tertiary alicyclic amines) is 1. The van der Waals surface area contributed by atoms with Gasteiger partial charge in [-0.25, -0.2) is 4.39 Å². The molecule has 0 aliphatic carbocycles. The van der Waals surface area contributed by atoms with Gasteiger partial charge in [-0.2, -0.15) is 0 Å². The summed E-state index contributed by atoms with van der Waals surface area (Å²) in [6.45, 7) is 3.80. The predicted octanol–water partition coefficient (Wildman–Crippen LogP) is 3.92. The molecule has 1 N–H and O–H groups in total. The number of aryl methyl sites for hydroxylation is 2. The third-order valence-electron chi connectivity index (χ3n) is 5.93. The quantitative estimate of drug-likeness (QED) is 0.717. The van der Waals surface area contributed by atoms with Crippen molar-refractivity contribution < 1.29 is 14.0 Å². The third-order valence-corrected chi connectivity index (χ3v) is 5.93. The summed E-state index contributed by atoms with van der Waals surface area (Å²) in [5.41, 5.74) is 3.10. The summed E-state index contributed by atoms with van der Waals surface area (Å²) in [5.74, 6) is -0.140. The summed E-state index contributed by atoms with van der Waals surface area (Å²) in [4.78, 5) is 26.8. The first-order valence-electron chi connectivity index (χ1n) is 10.9. The molecule has 1 heterocycles. The average molecular weight is 411 g/mol. The maximum absolute atomic E-state index is 13.6. The molecule has 2 amide bonds. The van der Waals surface area contributed by atoms with Crippen LogP contribution in [0.1, 0.15) is 42.9 Å². The van der Waals surface area contributed by atoms with Crippen molar-refractivity contribution in [1.29, 1.82) is 0 Å². The van der Waals surface area contributed by atoms with Gasteiger partial charge in [0.25, 0.3) is 0 Å². The summed E-state index contributed by atoms with van der Waals surface area (Å²) in [6.07, 6.45) is 4.12. The molecular weight excluding hydrogens is 379 g/mol. The highest BCUT2D eigenvalue weighted by molar-refractivity contribution is 5.80. The first kappa shape index (κ1) is 22.0. The number of benzene rings is 2. The normalized spacial score (nSPS) is 14.5. The summed E-state index contributed by atoms with van der Waals surface area (Å²) < 4.78 is 13.6. The second-order valence-electron chi connectivity index (χ2n) is 7.96. The fourth-order valence-electron chi connectivity index (χ4n) is 3.91. The molecule has 0 unspecified atom stereocenters. The van der Waals surface area contributed by atoms with Crippen LogP contribution in [0.3, 0.4) is 0 Å². The lowest BCUT2D eigenvalue weighted by Gasteiger charge is -2.31. The number of hydrogen-bond donors (Lipinski definition) is 1. The Bertz CT molecular complexity index is 842. The van der Waals surface area contributed by atoms with Crippen LogP contribution in [-0.4, -0.2) is 36.3 Å². The van der Waals surface area contributed by atoms with Crippen LogP contribution >= 0.6 is 0 Å². The van der Waals surface area contributed by atoms with Gasteiger partial charge in [0.1, 0.15) is 5.82 Å². The minimum absolute atomic E-state index is 0.00875. The summed E-state index contributed by atoms with van der Waals surface area (Å²) in [5, 5.41) is 2.92. The van der Waals surface area contributed by atoms with Gasteiger partial charge in [-0.05, 0) is 54.9 Å². The first-order chi connectivity index (χ1) is 14.6. The van der Waals surface area contributed by atoms with Crippen LogP contribution in [-0.2, 0) is 28.9 Å². The fraction of sp³-hybridized carbons (Fsp3) is 0.440. The van der Waals surface area contributed by atoms with E-state index in [0.717, 1.165) is 12.8 Å². The van der Waals surface area contributed by atoms with E-state index in [1.807, 2.05) is 4.90 Å². The van der Waals surface area contributed by atoms with Gasteiger partial charge in [0.05, 0.1) is 0 Å². The number of halogens is 1. The molecule has 160 valence electrons. The maximum atomic E-state index is 13.6. The van der Waals surface area contributed by atoms with E-state index in [2.05, 4.69) is 36.5 Å². The molecule has 1 saturated heterocycles. The molecule has 5 heteroatoms. The van der Waals surface area contributed by atoms with Gasteiger partial charge in [0, 0.05) is 32.0 Å². The van der Waals surface area contributed by atoms with E-state index in [-0.39, 0.29) is 23.5 Å². The lowest BCUT2D eigenvalue weighted by molar-refractivity contribution is -0.135. The number of nitrogens with one attached hydrogen (secondary N) is 1. The van der Waals surface area contributed by atoms with E-state index < -0.39 is 0 Å². The molecule has 0 aromatic heterocycles. The van der Waals surface area contributed by atoms with E-state index >= 15 is 0 Å². The molecule has 0 atom stereocenters. The van der Waals surface area contributed by atoms with Gasteiger partial charge in [-0.3, -0.25) is 9.59 Å². The van der Waals surface area contributed by atoms with Crippen molar-refractivity contribution in [2.24, 2.45) is 5.92 Å². The largest absolute Gasteiger partial charge is 0.356 e. The Morgan fingerprint density at radius 1 is 1.00 bits per heavy atom. The summed E-state index contributed by atoms with van der Waals surface area (Å²) in [6, 6.07) is 15.1. The van der Waals surface area contributed by atoms with Gasteiger partial charge in [0.15, 0.2) is 0 Å². The highest BCUT2D eigenvalue weighted by atomic mass is 19.1. The lowest BCUT2D eigenvalue weighted by atomic mass is 9.95. The highest BCUT2D eigenvalue weighted by Crippen LogP contribution is 2.19.